The normalized spacial score (nSPS) is 24.6. The molecule has 2 fully saturated rings. The molecule has 0 spiro atoms. The summed E-state index contributed by atoms with van der Waals surface area (Å²) in [6.45, 7) is 0.789. The van der Waals surface area contributed by atoms with Gasteiger partial charge in [0.1, 0.15) is 11.8 Å². The number of amides is 2. The molecule has 3 atom stereocenters. The molecule has 0 aromatic heterocycles. The number of likely N-dealkylation sites (tertiary alicyclic amines) is 1. The lowest BCUT2D eigenvalue weighted by atomic mass is 10.0. The first kappa shape index (κ1) is 21.1. The highest BCUT2D eigenvalue weighted by Gasteiger charge is 2.67. The number of esters is 1. The maximum atomic E-state index is 12.7. The van der Waals surface area contributed by atoms with Gasteiger partial charge in [0.15, 0.2) is 0 Å². The van der Waals surface area contributed by atoms with E-state index in [4.69, 9.17) is 14.2 Å². The van der Waals surface area contributed by atoms with Crippen LogP contribution in [0.15, 0.2) is 30.3 Å². The van der Waals surface area contributed by atoms with Gasteiger partial charge in [-0.05, 0) is 31.4 Å². The maximum Gasteiger partial charge on any atom is 0.328 e. The Bertz CT molecular complexity index is 740. The minimum Gasteiger partial charge on any atom is -0.494 e. The first-order valence-corrected chi connectivity index (χ1v) is 9.83. The molecule has 2 amide bonds. The van der Waals surface area contributed by atoms with Gasteiger partial charge in [0.05, 0.1) is 26.9 Å². The largest absolute Gasteiger partial charge is 0.494 e. The van der Waals surface area contributed by atoms with Gasteiger partial charge >= 0.3 is 5.97 Å². The highest BCUT2D eigenvalue weighted by molar-refractivity contribution is 5.90. The summed E-state index contributed by atoms with van der Waals surface area (Å²) in [6.07, 6.45) is 2.15. The van der Waals surface area contributed by atoms with Gasteiger partial charge in [0.25, 0.3) is 0 Å². The van der Waals surface area contributed by atoms with Crippen LogP contribution in [0.1, 0.15) is 25.7 Å². The minimum absolute atomic E-state index is 0.0322. The predicted octanol–water partition coefficient (Wildman–Crippen LogP) is 1.14. The van der Waals surface area contributed by atoms with Crippen molar-refractivity contribution in [2.75, 3.05) is 34.0 Å². The van der Waals surface area contributed by atoms with E-state index in [0.717, 1.165) is 12.2 Å². The van der Waals surface area contributed by atoms with E-state index in [1.165, 1.54) is 7.11 Å². The van der Waals surface area contributed by atoms with Gasteiger partial charge in [-0.1, -0.05) is 18.2 Å². The lowest BCUT2D eigenvalue weighted by Crippen LogP contribution is -2.47. The fourth-order valence-corrected chi connectivity index (χ4v) is 4.11. The first-order chi connectivity index (χ1) is 14.0. The van der Waals surface area contributed by atoms with E-state index < -0.39 is 12.0 Å². The van der Waals surface area contributed by atoms with Crippen molar-refractivity contribution in [3.63, 3.8) is 0 Å². The van der Waals surface area contributed by atoms with Crippen LogP contribution in [0, 0.1) is 5.41 Å². The van der Waals surface area contributed by atoms with Gasteiger partial charge in [-0.2, -0.15) is 0 Å². The SMILES string of the molecule is COC[C@@]12C[C@@H]1N(C(=O)CNC(=O)CCCOc1ccccc1)[C@H](C(=O)OC)C2. The number of piperidine rings is 1. The van der Waals surface area contributed by atoms with Gasteiger partial charge in [-0.25, -0.2) is 4.79 Å². The Labute approximate surface area is 170 Å². The molecule has 29 heavy (non-hydrogen) atoms. The summed E-state index contributed by atoms with van der Waals surface area (Å²) in [5.41, 5.74) is -0.165. The number of hydrogen-bond acceptors (Lipinski definition) is 6. The van der Waals surface area contributed by atoms with Gasteiger partial charge < -0.3 is 24.4 Å². The average Bonchev–Trinajstić information content (AvgIpc) is 3.33. The van der Waals surface area contributed by atoms with Gasteiger partial charge in [0.2, 0.25) is 11.8 Å². The molecular formula is C21H28N2O6. The molecule has 2 aliphatic rings. The number of nitrogens with one attached hydrogen (secondary N) is 1. The first-order valence-electron chi connectivity index (χ1n) is 9.83. The molecule has 1 saturated heterocycles. The van der Waals surface area contributed by atoms with Crippen molar-refractivity contribution in [2.24, 2.45) is 5.41 Å². The third-order valence-electron chi connectivity index (χ3n) is 5.61. The van der Waals surface area contributed by atoms with Crippen molar-refractivity contribution in [2.45, 2.75) is 37.8 Å². The van der Waals surface area contributed by atoms with Crippen LogP contribution >= 0.6 is 0 Å². The van der Waals surface area contributed by atoms with Crippen LogP contribution in [-0.4, -0.2) is 68.7 Å². The van der Waals surface area contributed by atoms with Crippen LogP contribution in [0.25, 0.3) is 0 Å². The predicted molar refractivity (Wildman–Crippen MR) is 104 cm³/mol. The van der Waals surface area contributed by atoms with E-state index in [1.54, 1.807) is 12.0 Å². The number of nitrogens with zero attached hydrogens (tertiary/aromatic N) is 1. The van der Waals surface area contributed by atoms with Crippen molar-refractivity contribution < 1.29 is 28.6 Å². The summed E-state index contributed by atoms with van der Waals surface area (Å²) < 4.78 is 15.7. The van der Waals surface area contributed by atoms with E-state index in [9.17, 15) is 14.4 Å². The number of carbonyl (C=O) groups is 3. The molecule has 1 saturated carbocycles. The maximum absolute atomic E-state index is 12.7. The molecular weight excluding hydrogens is 376 g/mol. The molecule has 1 heterocycles. The molecule has 8 heteroatoms. The molecule has 1 aromatic carbocycles. The van der Waals surface area contributed by atoms with Crippen LogP contribution in [0.3, 0.4) is 0 Å². The second-order valence-electron chi connectivity index (χ2n) is 7.60. The molecule has 0 bridgehead atoms. The molecule has 0 radical (unpaired) electrons. The average molecular weight is 404 g/mol. The van der Waals surface area contributed by atoms with Crippen LogP contribution in [0.5, 0.6) is 5.75 Å². The number of hydrogen-bond donors (Lipinski definition) is 1. The second kappa shape index (κ2) is 9.26. The Kier molecular flexibility index (Phi) is 6.74. The number of ether oxygens (including phenoxy) is 3. The molecule has 3 rings (SSSR count). The molecule has 8 nitrogen and oxygen atoms in total. The van der Waals surface area contributed by atoms with Crippen LogP contribution in [-0.2, 0) is 23.9 Å². The molecule has 1 aromatic rings. The van der Waals surface area contributed by atoms with E-state index in [0.29, 0.717) is 26.1 Å². The standard InChI is InChI=1S/C21H28N2O6/c1-27-14-21-11-16(20(26)28-2)23(17(21)12-21)19(25)13-22-18(24)9-6-10-29-15-7-4-3-5-8-15/h3-5,7-8,16-17H,6,9-14H2,1-2H3,(H,22,24)/t16-,17-,21+/m0/s1. The van der Waals surface area contributed by atoms with Crippen molar-refractivity contribution in [3.05, 3.63) is 30.3 Å². The molecule has 1 aliphatic carbocycles. The lowest BCUT2D eigenvalue weighted by molar-refractivity contribution is -0.151. The highest BCUT2D eigenvalue weighted by atomic mass is 16.5. The zero-order valence-corrected chi connectivity index (χ0v) is 16.9. The Hall–Kier alpha value is -2.61. The molecule has 158 valence electrons. The summed E-state index contributed by atoms with van der Waals surface area (Å²) in [5, 5.41) is 2.65. The molecule has 0 unspecified atom stereocenters. The third kappa shape index (κ3) is 4.87. The van der Waals surface area contributed by atoms with E-state index in [-0.39, 0.29) is 36.2 Å². The smallest absolute Gasteiger partial charge is 0.328 e. The summed E-state index contributed by atoms with van der Waals surface area (Å²) in [5.74, 6) is -0.155. The Balaban J connectivity index is 1.43. The van der Waals surface area contributed by atoms with Crippen LogP contribution in [0.4, 0.5) is 0 Å². The number of rotatable bonds is 10. The lowest BCUT2D eigenvalue weighted by Gasteiger charge is -2.25. The fraction of sp³-hybridized carbons (Fsp3) is 0.571. The van der Waals surface area contributed by atoms with Crippen molar-refractivity contribution in [3.8, 4) is 5.75 Å². The highest BCUT2D eigenvalue weighted by Crippen LogP contribution is 2.59. The minimum atomic E-state index is -0.613. The van der Waals surface area contributed by atoms with E-state index >= 15 is 0 Å². The van der Waals surface area contributed by atoms with Crippen molar-refractivity contribution in [1.29, 1.82) is 0 Å². The Morgan fingerprint density at radius 2 is 1.93 bits per heavy atom. The van der Waals surface area contributed by atoms with Gasteiger partial charge in [-0.15, -0.1) is 0 Å². The monoisotopic (exact) mass is 404 g/mol. The number of carbonyl (C=O) groups excluding carboxylic acids is 3. The summed E-state index contributed by atoms with van der Waals surface area (Å²) >= 11 is 0. The van der Waals surface area contributed by atoms with Crippen molar-refractivity contribution in [1.82, 2.24) is 10.2 Å². The van der Waals surface area contributed by atoms with E-state index in [1.807, 2.05) is 30.3 Å². The number of fused-ring (bicyclic) bond motifs is 1. The van der Waals surface area contributed by atoms with E-state index in [2.05, 4.69) is 5.32 Å². The summed E-state index contributed by atoms with van der Waals surface area (Å²) in [6, 6.07) is 8.74. The number of para-hydroxylation sites is 1. The summed E-state index contributed by atoms with van der Waals surface area (Å²) in [7, 11) is 2.93. The second-order valence-corrected chi connectivity index (χ2v) is 7.60. The van der Waals surface area contributed by atoms with Gasteiger partial charge in [-0.3, -0.25) is 9.59 Å². The molecule has 1 aliphatic heterocycles. The third-order valence-corrected chi connectivity index (χ3v) is 5.61. The number of benzene rings is 1. The quantitative estimate of drug-likeness (QED) is 0.464. The topological polar surface area (TPSA) is 94.2 Å². The Morgan fingerprint density at radius 1 is 1.17 bits per heavy atom. The zero-order chi connectivity index (χ0) is 20.9. The van der Waals surface area contributed by atoms with Crippen molar-refractivity contribution >= 4 is 17.8 Å². The van der Waals surface area contributed by atoms with Gasteiger partial charge in [0, 0.05) is 25.0 Å². The number of methoxy groups -OCH3 is 2. The fourth-order valence-electron chi connectivity index (χ4n) is 4.11. The van der Waals surface area contributed by atoms with Crippen LogP contribution in [0.2, 0.25) is 0 Å². The zero-order valence-electron chi connectivity index (χ0n) is 16.9. The molecule has 1 N–H and O–H groups in total. The Morgan fingerprint density at radius 3 is 2.62 bits per heavy atom. The summed E-state index contributed by atoms with van der Waals surface area (Å²) in [4.78, 5) is 38.5. The van der Waals surface area contributed by atoms with Crippen LogP contribution < -0.4 is 10.1 Å².